The minimum Gasteiger partial charge on any atom is -0.447 e. The molecule has 0 radical (unpaired) electrons. The van der Waals surface area contributed by atoms with Crippen LogP contribution in [-0.2, 0) is 4.74 Å². The van der Waals surface area contributed by atoms with Crippen LogP contribution in [0, 0.1) is 11.3 Å². The molecule has 4 nitrogen and oxygen atoms in total. The third-order valence-electron chi connectivity index (χ3n) is 5.88. The average molecular weight is 315 g/mol. The van der Waals surface area contributed by atoms with Gasteiger partial charge >= 0.3 is 6.09 Å². The Balaban J connectivity index is 1.76. The van der Waals surface area contributed by atoms with Gasteiger partial charge in [-0.05, 0) is 55.7 Å². The second-order valence-corrected chi connectivity index (χ2v) is 7.64. The van der Waals surface area contributed by atoms with Crippen molar-refractivity contribution in [2.45, 2.75) is 57.9 Å². The summed E-state index contributed by atoms with van der Waals surface area (Å²) in [6.07, 6.45) is 8.80. The van der Waals surface area contributed by atoms with Crippen molar-refractivity contribution in [1.82, 2.24) is 9.32 Å². The van der Waals surface area contributed by atoms with E-state index in [9.17, 15) is 4.79 Å². The number of cyclic esters (lactones) is 1. The number of ether oxygens (including phenoxy) is 1. The maximum atomic E-state index is 12.0. The molecule has 0 spiro atoms. The van der Waals surface area contributed by atoms with E-state index in [4.69, 9.17) is 16.5 Å². The van der Waals surface area contributed by atoms with Crippen molar-refractivity contribution in [3.05, 3.63) is 0 Å². The minimum atomic E-state index is -0.119. The van der Waals surface area contributed by atoms with E-state index >= 15 is 0 Å². The van der Waals surface area contributed by atoms with E-state index in [2.05, 4.69) is 6.92 Å². The molecule has 3 rings (SSSR count). The van der Waals surface area contributed by atoms with Gasteiger partial charge in [-0.2, -0.15) is 0 Å². The molecular weight excluding hydrogens is 288 g/mol. The summed E-state index contributed by atoms with van der Waals surface area (Å²) in [5, 5.41) is 0. The van der Waals surface area contributed by atoms with Gasteiger partial charge in [-0.25, -0.2) is 9.21 Å². The maximum Gasteiger partial charge on any atom is 0.410 e. The number of amides is 1. The van der Waals surface area contributed by atoms with Crippen molar-refractivity contribution >= 4 is 17.9 Å². The standard InChI is InChI=1S/C16H27ClN2O2/c1-13-11-21-15(20)19(13)12-16(7-9-18(17)10-8-16)14-5-3-2-4-6-14/h13-14H,2-12H2,1H3/t13-/m0/s1. The van der Waals surface area contributed by atoms with E-state index in [-0.39, 0.29) is 17.6 Å². The fraction of sp³-hybridized carbons (Fsp3) is 0.938. The molecule has 1 amide bonds. The van der Waals surface area contributed by atoms with Crippen molar-refractivity contribution < 1.29 is 9.53 Å². The van der Waals surface area contributed by atoms with Gasteiger partial charge in [0.05, 0.1) is 6.04 Å². The van der Waals surface area contributed by atoms with Crippen molar-refractivity contribution in [2.24, 2.45) is 11.3 Å². The fourth-order valence-electron chi connectivity index (χ4n) is 4.44. The van der Waals surface area contributed by atoms with Gasteiger partial charge in [0.1, 0.15) is 6.61 Å². The van der Waals surface area contributed by atoms with Crippen LogP contribution in [0.2, 0.25) is 0 Å². The van der Waals surface area contributed by atoms with Crippen LogP contribution >= 0.6 is 11.8 Å². The van der Waals surface area contributed by atoms with Gasteiger partial charge in [0, 0.05) is 19.6 Å². The highest BCUT2D eigenvalue weighted by Crippen LogP contribution is 2.47. The predicted molar refractivity (Wildman–Crippen MR) is 83.2 cm³/mol. The topological polar surface area (TPSA) is 32.8 Å². The number of piperidine rings is 1. The van der Waals surface area contributed by atoms with Crippen molar-refractivity contribution in [3.63, 3.8) is 0 Å². The summed E-state index contributed by atoms with van der Waals surface area (Å²) in [7, 11) is 0. The van der Waals surface area contributed by atoms with Gasteiger partial charge in [0.25, 0.3) is 0 Å². The Morgan fingerprint density at radius 1 is 1.24 bits per heavy atom. The highest BCUT2D eigenvalue weighted by Gasteiger charge is 2.45. The lowest BCUT2D eigenvalue weighted by Gasteiger charge is -2.48. The van der Waals surface area contributed by atoms with Crippen LogP contribution in [0.15, 0.2) is 0 Å². The molecule has 3 aliphatic rings. The summed E-state index contributed by atoms with van der Waals surface area (Å²) in [4.78, 5) is 14.0. The lowest BCUT2D eigenvalue weighted by molar-refractivity contribution is 0.0222. The monoisotopic (exact) mass is 314 g/mol. The first-order valence-corrected chi connectivity index (χ1v) is 8.79. The summed E-state index contributed by atoms with van der Waals surface area (Å²) >= 11 is 6.18. The van der Waals surface area contributed by atoms with Gasteiger partial charge in [-0.3, -0.25) is 0 Å². The Hall–Kier alpha value is -0.480. The molecular formula is C16H27ClN2O2. The Labute approximate surface area is 132 Å². The van der Waals surface area contributed by atoms with E-state index in [0.29, 0.717) is 6.61 Å². The summed E-state index contributed by atoms with van der Waals surface area (Å²) in [5.74, 6) is 0.747. The van der Waals surface area contributed by atoms with Crippen molar-refractivity contribution in [2.75, 3.05) is 26.2 Å². The zero-order valence-electron chi connectivity index (χ0n) is 13.0. The second-order valence-electron chi connectivity index (χ2n) is 7.16. The van der Waals surface area contributed by atoms with Crippen LogP contribution in [-0.4, -0.2) is 47.7 Å². The van der Waals surface area contributed by atoms with Crippen LogP contribution in [0.1, 0.15) is 51.9 Å². The van der Waals surface area contributed by atoms with E-state index in [1.54, 1.807) is 0 Å². The molecule has 0 aromatic heterocycles. The number of hydrogen-bond acceptors (Lipinski definition) is 3. The van der Waals surface area contributed by atoms with Gasteiger partial charge < -0.3 is 9.64 Å². The number of hydrogen-bond donors (Lipinski definition) is 0. The molecule has 0 aromatic rings. The molecule has 0 aromatic carbocycles. The molecule has 0 bridgehead atoms. The summed E-state index contributed by atoms with van der Waals surface area (Å²) in [6, 6.07) is 0.215. The lowest BCUT2D eigenvalue weighted by atomic mass is 9.63. The highest BCUT2D eigenvalue weighted by atomic mass is 35.5. The van der Waals surface area contributed by atoms with Gasteiger partial charge in [-0.1, -0.05) is 19.3 Å². The highest BCUT2D eigenvalue weighted by molar-refractivity contribution is 6.13. The zero-order valence-corrected chi connectivity index (χ0v) is 13.8. The van der Waals surface area contributed by atoms with E-state index in [1.165, 1.54) is 32.1 Å². The molecule has 0 unspecified atom stereocenters. The third-order valence-corrected chi connectivity index (χ3v) is 6.21. The first-order valence-electron chi connectivity index (χ1n) is 8.45. The van der Waals surface area contributed by atoms with E-state index < -0.39 is 0 Å². The Morgan fingerprint density at radius 2 is 1.90 bits per heavy atom. The molecule has 2 aliphatic heterocycles. The molecule has 3 fully saturated rings. The molecule has 1 atom stereocenters. The molecule has 120 valence electrons. The quantitative estimate of drug-likeness (QED) is 0.746. The predicted octanol–water partition coefficient (Wildman–Crippen LogP) is 3.64. The number of carbonyl (C=O) groups excluding carboxylic acids is 1. The first kappa shape index (κ1) is 15.4. The third kappa shape index (κ3) is 3.16. The Morgan fingerprint density at radius 3 is 2.48 bits per heavy atom. The normalized spacial score (nSPS) is 31.4. The van der Waals surface area contributed by atoms with Gasteiger partial charge in [0.15, 0.2) is 0 Å². The van der Waals surface area contributed by atoms with Gasteiger partial charge in [0.2, 0.25) is 0 Å². The van der Waals surface area contributed by atoms with Crippen LogP contribution in [0.25, 0.3) is 0 Å². The molecule has 2 heterocycles. The smallest absolute Gasteiger partial charge is 0.410 e. The fourth-order valence-corrected chi connectivity index (χ4v) is 4.61. The molecule has 0 N–H and O–H groups in total. The Kier molecular flexibility index (Phi) is 4.65. The van der Waals surface area contributed by atoms with E-state index in [1.807, 2.05) is 9.32 Å². The van der Waals surface area contributed by atoms with Crippen LogP contribution in [0.4, 0.5) is 4.79 Å². The van der Waals surface area contributed by atoms with Crippen LogP contribution in [0.3, 0.4) is 0 Å². The van der Waals surface area contributed by atoms with Crippen molar-refractivity contribution in [3.8, 4) is 0 Å². The van der Waals surface area contributed by atoms with Gasteiger partial charge in [-0.15, -0.1) is 0 Å². The summed E-state index contributed by atoms with van der Waals surface area (Å²) < 4.78 is 7.13. The second kappa shape index (κ2) is 6.33. The minimum absolute atomic E-state index is 0.119. The summed E-state index contributed by atoms with van der Waals surface area (Å²) in [6.45, 7) is 5.38. The zero-order chi connectivity index (χ0) is 14.9. The molecule has 1 saturated carbocycles. The summed E-state index contributed by atoms with van der Waals surface area (Å²) in [5.41, 5.74) is 0.253. The number of carbonyl (C=O) groups is 1. The number of rotatable bonds is 3. The number of halogens is 1. The first-order chi connectivity index (χ1) is 10.1. The SMILES string of the molecule is C[C@H]1COC(=O)N1CC1(C2CCCCC2)CCN(Cl)CC1. The Bertz CT molecular complexity index is 376. The molecule has 1 aliphatic carbocycles. The number of nitrogens with zero attached hydrogens (tertiary/aromatic N) is 2. The molecule has 2 saturated heterocycles. The average Bonchev–Trinajstić information content (AvgIpc) is 2.82. The van der Waals surface area contributed by atoms with Crippen LogP contribution < -0.4 is 0 Å². The molecule has 21 heavy (non-hydrogen) atoms. The maximum absolute atomic E-state index is 12.0. The largest absolute Gasteiger partial charge is 0.447 e. The van der Waals surface area contributed by atoms with Crippen molar-refractivity contribution in [1.29, 1.82) is 0 Å². The lowest BCUT2D eigenvalue weighted by Crippen LogP contribution is -2.50. The van der Waals surface area contributed by atoms with E-state index in [0.717, 1.165) is 38.4 Å². The molecule has 5 heteroatoms. The van der Waals surface area contributed by atoms with Crippen LogP contribution in [0.5, 0.6) is 0 Å².